The molecular weight excluding hydrogens is 474 g/mol. The molecule has 164 valence electrons. The third kappa shape index (κ3) is 4.16. The van der Waals surface area contributed by atoms with Crippen molar-refractivity contribution in [2.75, 3.05) is 13.4 Å². The molecule has 0 spiro atoms. The van der Waals surface area contributed by atoms with Gasteiger partial charge in [-0.15, -0.1) is 23.1 Å². The van der Waals surface area contributed by atoms with Gasteiger partial charge in [-0.25, -0.2) is 0 Å². The first kappa shape index (κ1) is 22.4. The standard InChI is InChI=1S/C21H22ClN3O3S3/c1-21(2)11-15-18(17(12-21)24-28-3)20(29-4)30-19(15)16-9-10-25(23-16)31(26,27)14-7-5-13(22)6-8-14/h5-10H,11-12H2,1-4H3. The van der Waals surface area contributed by atoms with Crippen LogP contribution in [-0.4, -0.2) is 36.7 Å². The highest BCUT2D eigenvalue weighted by Gasteiger charge is 2.36. The van der Waals surface area contributed by atoms with Gasteiger partial charge < -0.3 is 4.84 Å². The lowest BCUT2D eigenvalue weighted by Gasteiger charge is -2.31. The first-order valence-electron chi connectivity index (χ1n) is 9.53. The Labute approximate surface area is 195 Å². The molecule has 1 aliphatic rings. The third-order valence-corrected chi connectivity index (χ3v) is 9.30. The van der Waals surface area contributed by atoms with Crippen LogP contribution in [0.2, 0.25) is 5.02 Å². The molecule has 2 aromatic heterocycles. The molecule has 1 aliphatic carbocycles. The highest BCUT2D eigenvalue weighted by molar-refractivity contribution is 8.00. The van der Waals surface area contributed by atoms with Crippen LogP contribution in [-0.2, 0) is 21.3 Å². The van der Waals surface area contributed by atoms with Crippen molar-refractivity contribution >= 4 is 50.4 Å². The molecule has 0 atom stereocenters. The van der Waals surface area contributed by atoms with E-state index in [1.807, 2.05) is 6.26 Å². The summed E-state index contributed by atoms with van der Waals surface area (Å²) < 4.78 is 28.2. The molecule has 0 fully saturated rings. The molecule has 0 unspecified atom stereocenters. The van der Waals surface area contributed by atoms with Crippen molar-refractivity contribution in [3.8, 4) is 10.6 Å². The quantitative estimate of drug-likeness (QED) is 0.343. The van der Waals surface area contributed by atoms with Gasteiger partial charge in [-0.3, -0.25) is 0 Å². The van der Waals surface area contributed by atoms with Crippen LogP contribution >= 0.6 is 34.7 Å². The van der Waals surface area contributed by atoms with Crippen LogP contribution in [0.5, 0.6) is 0 Å². The predicted octanol–water partition coefficient (Wildman–Crippen LogP) is 5.55. The van der Waals surface area contributed by atoms with Crippen LogP contribution in [0.4, 0.5) is 0 Å². The van der Waals surface area contributed by atoms with Crippen LogP contribution in [0.1, 0.15) is 31.4 Å². The van der Waals surface area contributed by atoms with Crippen LogP contribution in [0, 0.1) is 5.41 Å². The van der Waals surface area contributed by atoms with E-state index in [2.05, 4.69) is 24.1 Å². The maximum absolute atomic E-state index is 13.0. The predicted molar refractivity (Wildman–Crippen MR) is 127 cm³/mol. The number of halogens is 1. The van der Waals surface area contributed by atoms with E-state index in [0.29, 0.717) is 10.7 Å². The fraction of sp³-hybridized carbons (Fsp3) is 0.333. The van der Waals surface area contributed by atoms with Crippen LogP contribution in [0.15, 0.2) is 50.8 Å². The lowest BCUT2D eigenvalue weighted by molar-refractivity contribution is 0.210. The van der Waals surface area contributed by atoms with Gasteiger partial charge in [-0.2, -0.15) is 17.6 Å². The molecule has 10 heteroatoms. The summed E-state index contributed by atoms with van der Waals surface area (Å²) in [5.74, 6) is 0. The average Bonchev–Trinajstić information content (AvgIpc) is 3.33. The van der Waals surface area contributed by atoms with E-state index in [9.17, 15) is 8.42 Å². The summed E-state index contributed by atoms with van der Waals surface area (Å²) in [6.07, 6.45) is 5.19. The molecule has 0 bridgehead atoms. The second-order valence-corrected chi connectivity index (χ2v) is 12.4. The fourth-order valence-corrected chi connectivity index (χ4v) is 7.11. The SMILES string of the molecule is CON=C1CC(C)(C)Cc2c(-c3ccn(S(=O)(=O)c4ccc(Cl)cc4)n3)sc(SC)c21. The minimum atomic E-state index is -3.80. The number of oxime groups is 1. The Morgan fingerprint density at radius 3 is 2.58 bits per heavy atom. The van der Waals surface area contributed by atoms with Gasteiger partial charge in [-0.05, 0) is 60.4 Å². The smallest absolute Gasteiger partial charge is 0.282 e. The van der Waals surface area contributed by atoms with E-state index >= 15 is 0 Å². The average molecular weight is 496 g/mol. The monoisotopic (exact) mass is 495 g/mol. The summed E-state index contributed by atoms with van der Waals surface area (Å²) >= 11 is 9.17. The van der Waals surface area contributed by atoms with Gasteiger partial charge in [0.05, 0.1) is 19.7 Å². The van der Waals surface area contributed by atoms with Gasteiger partial charge in [0.2, 0.25) is 0 Å². The molecule has 0 saturated heterocycles. The van der Waals surface area contributed by atoms with Crippen LogP contribution in [0.3, 0.4) is 0 Å². The van der Waals surface area contributed by atoms with E-state index < -0.39 is 10.0 Å². The van der Waals surface area contributed by atoms with Gasteiger partial charge in [-0.1, -0.05) is 30.6 Å². The van der Waals surface area contributed by atoms with Crippen molar-refractivity contribution in [1.82, 2.24) is 9.19 Å². The van der Waals surface area contributed by atoms with Gasteiger partial charge in [0, 0.05) is 16.8 Å². The number of hydrogen-bond acceptors (Lipinski definition) is 7. The van der Waals surface area contributed by atoms with Crippen molar-refractivity contribution in [2.24, 2.45) is 10.6 Å². The topological polar surface area (TPSA) is 73.6 Å². The number of benzene rings is 1. The van der Waals surface area contributed by atoms with Gasteiger partial charge >= 0.3 is 0 Å². The Balaban J connectivity index is 1.82. The van der Waals surface area contributed by atoms with E-state index in [-0.39, 0.29) is 10.3 Å². The van der Waals surface area contributed by atoms with Gasteiger partial charge in [0.15, 0.2) is 0 Å². The van der Waals surface area contributed by atoms with E-state index in [1.54, 1.807) is 48.4 Å². The summed E-state index contributed by atoms with van der Waals surface area (Å²) in [6, 6.07) is 7.82. The fourth-order valence-electron chi connectivity index (χ4n) is 3.80. The number of rotatable bonds is 5. The highest BCUT2D eigenvalue weighted by atomic mass is 35.5. The molecule has 2 heterocycles. The molecule has 0 saturated carbocycles. The second-order valence-electron chi connectivity index (χ2n) is 8.05. The maximum Gasteiger partial charge on any atom is 0.282 e. The van der Waals surface area contributed by atoms with E-state index in [4.69, 9.17) is 16.4 Å². The number of thiophene rings is 1. The lowest BCUT2D eigenvalue weighted by atomic mass is 9.74. The number of thioether (sulfide) groups is 1. The van der Waals surface area contributed by atoms with Crippen LogP contribution < -0.4 is 0 Å². The molecule has 0 amide bonds. The number of aromatic nitrogens is 2. The largest absolute Gasteiger partial charge is 0.399 e. The highest BCUT2D eigenvalue weighted by Crippen LogP contribution is 2.48. The molecule has 31 heavy (non-hydrogen) atoms. The second kappa shape index (κ2) is 8.27. The molecule has 0 N–H and O–H groups in total. The Morgan fingerprint density at radius 1 is 1.23 bits per heavy atom. The zero-order valence-electron chi connectivity index (χ0n) is 17.5. The Hall–Kier alpha value is -1.81. The number of fused-ring (bicyclic) bond motifs is 1. The number of nitrogens with zero attached hydrogens (tertiary/aromatic N) is 3. The molecule has 3 aromatic rings. The molecule has 0 aliphatic heterocycles. The number of hydrogen-bond donors (Lipinski definition) is 0. The molecule has 1 aromatic carbocycles. The van der Waals surface area contributed by atoms with Crippen molar-refractivity contribution in [2.45, 2.75) is 35.8 Å². The summed E-state index contributed by atoms with van der Waals surface area (Å²) in [5, 5.41) is 9.23. The van der Waals surface area contributed by atoms with Gasteiger partial charge in [0.25, 0.3) is 10.0 Å². The van der Waals surface area contributed by atoms with E-state index in [1.165, 1.54) is 18.3 Å². The van der Waals surface area contributed by atoms with Crippen LogP contribution in [0.25, 0.3) is 10.6 Å². The molecule has 4 rings (SSSR count). The summed E-state index contributed by atoms with van der Waals surface area (Å²) in [5.41, 5.74) is 3.81. The Kier molecular flexibility index (Phi) is 5.97. The Morgan fingerprint density at radius 2 is 1.94 bits per heavy atom. The van der Waals surface area contributed by atoms with E-state index in [0.717, 1.165) is 42.9 Å². The third-order valence-electron chi connectivity index (χ3n) is 5.11. The molecule has 6 nitrogen and oxygen atoms in total. The zero-order chi connectivity index (χ0) is 22.4. The van der Waals surface area contributed by atoms with Crippen molar-refractivity contribution < 1.29 is 13.3 Å². The maximum atomic E-state index is 13.0. The molecular formula is C21H22ClN3O3S3. The van der Waals surface area contributed by atoms with Crippen molar-refractivity contribution in [3.05, 3.63) is 52.7 Å². The van der Waals surface area contributed by atoms with Crippen molar-refractivity contribution in [1.29, 1.82) is 0 Å². The summed E-state index contributed by atoms with van der Waals surface area (Å²) in [4.78, 5) is 6.24. The first-order valence-corrected chi connectivity index (χ1v) is 13.4. The lowest BCUT2D eigenvalue weighted by Crippen LogP contribution is -2.27. The minimum Gasteiger partial charge on any atom is -0.399 e. The first-order chi connectivity index (χ1) is 14.7. The van der Waals surface area contributed by atoms with Gasteiger partial charge in [0.1, 0.15) is 12.8 Å². The minimum absolute atomic E-state index is 0.00775. The summed E-state index contributed by atoms with van der Waals surface area (Å²) in [7, 11) is -2.24. The Bertz CT molecular complexity index is 1260. The zero-order valence-corrected chi connectivity index (χ0v) is 20.8. The molecule has 0 radical (unpaired) electrons. The van der Waals surface area contributed by atoms with Crippen molar-refractivity contribution in [3.63, 3.8) is 0 Å². The normalized spacial score (nSPS) is 17.0. The summed E-state index contributed by atoms with van der Waals surface area (Å²) in [6.45, 7) is 4.40.